The minimum absolute atomic E-state index is 0.653. The Bertz CT molecular complexity index is 3220. The van der Waals surface area contributed by atoms with Crippen LogP contribution in [0.25, 0.3) is 108 Å². The summed E-state index contributed by atoms with van der Waals surface area (Å²) in [6, 6.07) is 66.7. The zero-order chi connectivity index (χ0) is 37.0. The fourth-order valence-corrected chi connectivity index (χ4v) is 10.4. The molecule has 8 aromatic carbocycles. The van der Waals surface area contributed by atoms with E-state index in [1.807, 2.05) is 46.9 Å². The Morgan fingerprint density at radius 2 is 0.821 bits per heavy atom. The van der Waals surface area contributed by atoms with Crippen LogP contribution in [0, 0.1) is 0 Å². The Morgan fingerprint density at radius 1 is 0.286 bits per heavy atom. The molecule has 11 aromatic rings. The summed E-state index contributed by atoms with van der Waals surface area (Å²) in [5.74, 6) is 1.98. The van der Waals surface area contributed by atoms with E-state index in [0.717, 1.165) is 22.3 Å². The van der Waals surface area contributed by atoms with E-state index >= 15 is 0 Å². The molecule has 0 aliphatic heterocycles. The molecule has 56 heavy (non-hydrogen) atoms. The fraction of sp³-hybridized carbons (Fsp3) is 0. The number of thiophene rings is 2. The molecule has 0 amide bonds. The summed E-state index contributed by atoms with van der Waals surface area (Å²) >= 11 is 3.69. The standard InChI is InChI=1S/C51H31N3S2/c1-4-13-32(14-5-1)33-23-25-36(26-24-33)50-52-49(35-17-8-3-9-18-35)53-51(54-50)43-21-12-20-41-40-28-27-37(31-45(40)56-47(41)43)38-29-30-39(34-15-6-2-7-16-34)48-46(38)42-19-10-11-22-44(42)55-48/h1-31H. The predicted molar refractivity (Wildman–Crippen MR) is 238 cm³/mol. The molecule has 0 aliphatic rings. The maximum absolute atomic E-state index is 5.16. The van der Waals surface area contributed by atoms with Gasteiger partial charge in [-0.15, -0.1) is 22.7 Å². The number of benzene rings is 8. The molecule has 0 N–H and O–H groups in total. The molecule has 0 spiro atoms. The van der Waals surface area contributed by atoms with Crippen LogP contribution in [0.2, 0.25) is 0 Å². The first-order valence-electron chi connectivity index (χ1n) is 18.7. The van der Waals surface area contributed by atoms with Crippen molar-refractivity contribution in [3.63, 3.8) is 0 Å². The summed E-state index contributed by atoms with van der Waals surface area (Å²) in [6.45, 7) is 0. The van der Waals surface area contributed by atoms with Gasteiger partial charge in [-0.3, -0.25) is 0 Å². The molecule has 3 heterocycles. The molecule has 0 atom stereocenters. The van der Waals surface area contributed by atoms with Gasteiger partial charge in [-0.05, 0) is 51.6 Å². The second-order valence-electron chi connectivity index (χ2n) is 13.9. The number of aromatic nitrogens is 3. The maximum Gasteiger partial charge on any atom is 0.165 e. The maximum atomic E-state index is 5.16. The molecular formula is C51H31N3S2. The number of hydrogen-bond donors (Lipinski definition) is 0. The van der Waals surface area contributed by atoms with Gasteiger partial charge in [0.1, 0.15) is 0 Å². The summed E-state index contributed by atoms with van der Waals surface area (Å²) in [5.41, 5.74) is 10.2. The Kier molecular flexibility index (Phi) is 7.87. The number of rotatable bonds is 6. The first-order chi connectivity index (χ1) is 27.7. The second kappa shape index (κ2) is 13.5. The van der Waals surface area contributed by atoms with Crippen molar-refractivity contribution in [3.05, 3.63) is 188 Å². The lowest BCUT2D eigenvalue weighted by atomic mass is 9.94. The molecule has 3 aromatic heterocycles. The van der Waals surface area contributed by atoms with Crippen LogP contribution in [0.4, 0.5) is 0 Å². The van der Waals surface area contributed by atoms with Crippen LogP contribution in [0.15, 0.2) is 188 Å². The minimum atomic E-state index is 0.653. The van der Waals surface area contributed by atoms with Crippen LogP contribution in [-0.2, 0) is 0 Å². The minimum Gasteiger partial charge on any atom is -0.208 e. The van der Waals surface area contributed by atoms with Crippen molar-refractivity contribution in [1.82, 2.24) is 15.0 Å². The number of fused-ring (bicyclic) bond motifs is 6. The van der Waals surface area contributed by atoms with Crippen molar-refractivity contribution in [2.75, 3.05) is 0 Å². The molecular weight excluding hydrogens is 719 g/mol. The van der Waals surface area contributed by atoms with E-state index in [0.29, 0.717) is 17.5 Å². The Hall–Kier alpha value is -6.79. The molecule has 0 bridgehead atoms. The number of hydrogen-bond acceptors (Lipinski definition) is 5. The van der Waals surface area contributed by atoms with Crippen molar-refractivity contribution in [2.45, 2.75) is 0 Å². The van der Waals surface area contributed by atoms with Crippen LogP contribution >= 0.6 is 22.7 Å². The summed E-state index contributed by atoms with van der Waals surface area (Å²) in [4.78, 5) is 15.3. The quantitative estimate of drug-likeness (QED) is 0.170. The molecule has 262 valence electrons. The first-order valence-corrected chi connectivity index (χ1v) is 20.3. The van der Waals surface area contributed by atoms with E-state index in [-0.39, 0.29) is 0 Å². The summed E-state index contributed by atoms with van der Waals surface area (Å²) in [6.07, 6.45) is 0. The highest BCUT2D eigenvalue weighted by atomic mass is 32.1. The highest BCUT2D eigenvalue weighted by Gasteiger charge is 2.19. The zero-order valence-electron chi connectivity index (χ0n) is 30.1. The van der Waals surface area contributed by atoms with Gasteiger partial charge in [0.15, 0.2) is 17.5 Å². The van der Waals surface area contributed by atoms with Crippen LogP contribution in [0.5, 0.6) is 0 Å². The van der Waals surface area contributed by atoms with Gasteiger partial charge in [-0.2, -0.15) is 0 Å². The smallest absolute Gasteiger partial charge is 0.165 e. The molecule has 0 unspecified atom stereocenters. The largest absolute Gasteiger partial charge is 0.208 e. The van der Waals surface area contributed by atoms with Crippen molar-refractivity contribution < 1.29 is 0 Å². The van der Waals surface area contributed by atoms with Gasteiger partial charge in [0.2, 0.25) is 0 Å². The summed E-state index contributed by atoms with van der Waals surface area (Å²) < 4.78 is 5.03. The lowest BCUT2D eigenvalue weighted by molar-refractivity contribution is 1.08. The molecule has 5 heteroatoms. The van der Waals surface area contributed by atoms with Crippen molar-refractivity contribution >= 4 is 63.0 Å². The Balaban J connectivity index is 1.06. The van der Waals surface area contributed by atoms with Crippen LogP contribution in [-0.4, -0.2) is 15.0 Å². The lowest BCUT2D eigenvalue weighted by Gasteiger charge is -2.10. The van der Waals surface area contributed by atoms with Gasteiger partial charge in [0.05, 0.1) is 0 Å². The Labute approximate surface area is 331 Å². The van der Waals surface area contributed by atoms with Crippen LogP contribution in [0.1, 0.15) is 0 Å². The van der Waals surface area contributed by atoms with Crippen molar-refractivity contribution in [1.29, 1.82) is 0 Å². The van der Waals surface area contributed by atoms with E-state index in [9.17, 15) is 0 Å². The highest BCUT2D eigenvalue weighted by molar-refractivity contribution is 7.27. The number of nitrogens with zero attached hydrogens (tertiary/aromatic N) is 3. The van der Waals surface area contributed by atoms with Gasteiger partial charge in [0.25, 0.3) is 0 Å². The van der Waals surface area contributed by atoms with E-state index < -0.39 is 0 Å². The third-order valence-electron chi connectivity index (χ3n) is 10.6. The van der Waals surface area contributed by atoms with Gasteiger partial charge < -0.3 is 0 Å². The average Bonchev–Trinajstić information content (AvgIpc) is 3.86. The first kappa shape index (κ1) is 32.6. The van der Waals surface area contributed by atoms with Crippen molar-refractivity contribution in [2.24, 2.45) is 0 Å². The normalized spacial score (nSPS) is 11.6. The zero-order valence-corrected chi connectivity index (χ0v) is 31.7. The molecule has 0 radical (unpaired) electrons. The third-order valence-corrected chi connectivity index (χ3v) is 13.0. The van der Waals surface area contributed by atoms with Gasteiger partial charge >= 0.3 is 0 Å². The van der Waals surface area contributed by atoms with Gasteiger partial charge in [-0.25, -0.2) is 15.0 Å². The monoisotopic (exact) mass is 749 g/mol. The molecule has 0 saturated heterocycles. The van der Waals surface area contributed by atoms with E-state index in [1.54, 1.807) is 0 Å². The van der Waals surface area contributed by atoms with Crippen LogP contribution in [0.3, 0.4) is 0 Å². The average molecular weight is 750 g/mol. The van der Waals surface area contributed by atoms with Crippen molar-refractivity contribution in [3.8, 4) is 67.5 Å². The molecule has 3 nitrogen and oxygen atoms in total. The van der Waals surface area contributed by atoms with Gasteiger partial charge in [-0.1, -0.05) is 170 Å². The summed E-state index contributed by atoms with van der Waals surface area (Å²) in [5, 5.41) is 5.05. The van der Waals surface area contributed by atoms with Crippen LogP contribution < -0.4 is 0 Å². The second-order valence-corrected chi connectivity index (χ2v) is 16.0. The van der Waals surface area contributed by atoms with Gasteiger partial charge in [0, 0.05) is 57.0 Å². The van der Waals surface area contributed by atoms with E-state index in [4.69, 9.17) is 15.0 Å². The topological polar surface area (TPSA) is 38.7 Å². The molecule has 11 rings (SSSR count). The highest BCUT2D eigenvalue weighted by Crippen LogP contribution is 2.47. The van der Waals surface area contributed by atoms with E-state index in [2.05, 4.69) is 164 Å². The molecule has 0 saturated carbocycles. The predicted octanol–water partition coefficient (Wildman–Crippen LogP) is 14.6. The summed E-state index contributed by atoms with van der Waals surface area (Å²) in [7, 11) is 0. The fourth-order valence-electron chi connectivity index (χ4n) is 7.84. The third kappa shape index (κ3) is 5.60. The Morgan fingerprint density at radius 3 is 1.57 bits per heavy atom. The lowest BCUT2D eigenvalue weighted by Crippen LogP contribution is -2.00. The molecule has 0 aliphatic carbocycles. The molecule has 0 fully saturated rings. The SMILES string of the molecule is c1ccc(-c2ccc(-c3nc(-c4ccccc4)nc(-c4cccc5c4sc4cc(-c6ccc(-c7ccccc7)c7sc8ccccc8c67)ccc45)n3)cc2)cc1. The van der Waals surface area contributed by atoms with E-state index in [1.165, 1.54) is 68.2 Å².